The van der Waals surface area contributed by atoms with Crippen LogP contribution in [0.1, 0.15) is 5.56 Å². The maximum absolute atomic E-state index is 9.51. The highest BCUT2D eigenvalue weighted by Crippen LogP contribution is 2.26. The molecule has 0 atom stereocenters. The highest BCUT2D eigenvalue weighted by molar-refractivity contribution is 5.66. The molecular weight excluding hydrogens is 258 g/mol. The van der Waals surface area contributed by atoms with Crippen LogP contribution in [0, 0.1) is 11.3 Å². The molecule has 3 heterocycles. The second-order valence-electron chi connectivity index (χ2n) is 4.71. The molecule has 0 spiro atoms. The van der Waals surface area contributed by atoms with Gasteiger partial charge in [-0.25, -0.2) is 9.97 Å². The molecule has 0 N–H and O–H groups in total. The molecule has 1 aromatic heterocycles. The summed E-state index contributed by atoms with van der Waals surface area (Å²) in [5.41, 5.74) is 0.552. The summed E-state index contributed by atoms with van der Waals surface area (Å²) in [4.78, 5) is 12.8. The number of ether oxygens (including phenoxy) is 2. The molecular formula is C13H17N5O2. The Hall–Kier alpha value is -1.91. The van der Waals surface area contributed by atoms with Gasteiger partial charge < -0.3 is 19.3 Å². The number of rotatable bonds is 2. The predicted molar refractivity (Wildman–Crippen MR) is 72.8 cm³/mol. The molecule has 0 radical (unpaired) electrons. The minimum atomic E-state index is 0.552. The van der Waals surface area contributed by atoms with Crippen molar-refractivity contribution in [2.75, 3.05) is 62.4 Å². The number of nitrogens with zero attached hydrogens (tertiary/aromatic N) is 5. The number of morpholine rings is 2. The SMILES string of the molecule is N#Cc1c(N2CCOCC2)ncnc1N1CCOCC1. The van der Waals surface area contributed by atoms with Gasteiger partial charge in [0.1, 0.15) is 18.0 Å². The van der Waals surface area contributed by atoms with Gasteiger partial charge >= 0.3 is 0 Å². The van der Waals surface area contributed by atoms with E-state index < -0.39 is 0 Å². The highest BCUT2D eigenvalue weighted by atomic mass is 16.5. The Kier molecular flexibility index (Phi) is 3.95. The molecule has 20 heavy (non-hydrogen) atoms. The van der Waals surface area contributed by atoms with E-state index in [0.717, 1.165) is 26.2 Å². The van der Waals surface area contributed by atoms with E-state index >= 15 is 0 Å². The molecule has 2 aliphatic rings. The van der Waals surface area contributed by atoms with Gasteiger partial charge in [-0.15, -0.1) is 0 Å². The fourth-order valence-electron chi connectivity index (χ4n) is 2.50. The van der Waals surface area contributed by atoms with Crippen LogP contribution in [-0.4, -0.2) is 62.6 Å². The monoisotopic (exact) mass is 275 g/mol. The first-order valence-electron chi connectivity index (χ1n) is 6.80. The van der Waals surface area contributed by atoms with Crippen LogP contribution in [0.25, 0.3) is 0 Å². The standard InChI is InChI=1S/C13H17N5O2/c14-9-11-12(17-1-5-19-6-2-17)15-10-16-13(11)18-3-7-20-8-4-18/h10H,1-8H2. The second kappa shape index (κ2) is 6.03. The molecule has 3 rings (SSSR count). The van der Waals surface area contributed by atoms with E-state index in [-0.39, 0.29) is 0 Å². The molecule has 7 heteroatoms. The fourth-order valence-corrected chi connectivity index (χ4v) is 2.50. The van der Waals surface area contributed by atoms with E-state index in [1.54, 1.807) is 0 Å². The summed E-state index contributed by atoms with van der Waals surface area (Å²) in [5, 5.41) is 9.51. The lowest BCUT2D eigenvalue weighted by molar-refractivity contribution is 0.121. The van der Waals surface area contributed by atoms with Gasteiger partial charge in [0.2, 0.25) is 0 Å². The third kappa shape index (κ3) is 2.53. The Morgan fingerprint density at radius 1 is 0.900 bits per heavy atom. The number of hydrogen-bond acceptors (Lipinski definition) is 7. The van der Waals surface area contributed by atoms with Crippen LogP contribution in [-0.2, 0) is 9.47 Å². The summed E-state index contributed by atoms with van der Waals surface area (Å²) in [7, 11) is 0. The zero-order chi connectivity index (χ0) is 13.8. The van der Waals surface area contributed by atoms with E-state index in [0.29, 0.717) is 43.6 Å². The summed E-state index contributed by atoms with van der Waals surface area (Å²) < 4.78 is 10.7. The lowest BCUT2D eigenvalue weighted by Gasteiger charge is -2.31. The van der Waals surface area contributed by atoms with Gasteiger partial charge in [0.05, 0.1) is 26.4 Å². The smallest absolute Gasteiger partial charge is 0.152 e. The fraction of sp³-hybridized carbons (Fsp3) is 0.615. The third-order valence-corrected chi connectivity index (χ3v) is 3.54. The van der Waals surface area contributed by atoms with Gasteiger partial charge in [-0.1, -0.05) is 0 Å². The molecule has 0 saturated carbocycles. The maximum Gasteiger partial charge on any atom is 0.152 e. The van der Waals surface area contributed by atoms with Crippen LogP contribution in [0.15, 0.2) is 6.33 Å². The Bertz CT molecular complexity index is 468. The van der Waals surface area contributed by atoms with Crippen LogP contribution in [0.3, 0.4) is 0 Å². The Morgan fingerprint density at radius 2 is 1.35 bits per heavy atom. The molecule has 2 fully saturated rings. The van der Waals surface area contributed by atoms with Crippen molar-refractivity contribution in [3.8, 4) is 6.07 Å². The number of hydrogen-bond donors (Lipinski definition) is 0. The quantitative estimate of drug-likeness (QED) is 0.753. The van der Waals surface area contributed by atoms with Crippen molar-refractivity contribution in [1.82, 2.24) is 9.97 Å². The van der Waals surface area contributed by atoms with E-state index in [1.807, 2.05) is 0 Å². The molecule has 0 aliphatic carbocycles. The highest BCUT2D eigenvalue weighted by Gasteiger charge is 2.23. The van der Waals surface area contributed by atoms with Crippen molar-refractivity contribution < 1.29 is 9.47 Å². The van der Waals surface area contributed by atoms with Crippen molar-refractivity contribution in [2.45, 2.75) is 0 Å². The van der Waals surface area contributed by atoms with Crippen molar-refractivity contribution in [3.05, 3.63) is 11.9 Å². The van der Waals surface area contributed by atoms with Gasteiger partial charge in [-0.05, 0) is 0 Å². The summed E-state index contributed by atoms with van der Waals surface area (Å²) in [6.07, 6.45) is 1.54. The first kappa shape index (κ1) is 13.1. The van der Waals surface area contributed by atoms with Crippen molar-refractivity contribution in [3.63, 3.8) is 0 Å². The van der Waals surface area contributed by atoms with E-state index in [1.165, 1.54) is 6.33 Å². The summed E-state index contributed by atoms with van der Waals surface area (Å²) >= 11 is 0. The third-order valence-electron chi connectivity index (χ3n) is 3.54. The number of anilines is 2. The second-order valence-corrected chi connectivity index (χ2v) is 4.71. The lowest BCUT2D eigenvalue weighted by atomic mass is 10.2. The molecule has 106 valence electrons. The molecule has 0 bridgehead atoms. The van der Waals surface area contributed by atoms with E-state index in [9.17, 15) is 5.26 Å². The molecule has 7 nitrogen and oxygen atoms in total. The Morgan fingerprint density at radius 3 is 1.75 bits per heavy atom. The summed E-state index contributed by atoms with van der Waals surface area (Å²) in [6.45, 7) is 5.71. The van der Waals surface area contributed by atoms with Crippen LogP contribution in [0.5, 0.6) is 0 Å². The molecule has 2 aliphatic heterocycles. The zero-order valence-electron chi connectivity index (χ0n) is 11.3. The lowest BCUT2D eigenvalue weighted by Crippen LogP contribution is -2.39. The average Bonchev–Trinajstić information content (AvgIpc) is 2.55. The predicted octanol–water partition coefficient (Wildman–Crippen LogP) is 0.0215. The van der Waals surface area contributed by atoms with Crippen molar-refractivity contribution >= 4 is 11.6 Å². The van der Waals surface area contributed by atoms with Crippen LogP contribution >= 0.6 is 0 Å². The summed E-state index contributed by atoms with van der Waals surface area (Å²) in [5.74, 6) is 1.43. The van der Waals surface area contributed by atoms with Gasteiger partial charge in [0.15, 0.2) is 11.6 Å². The number of nitriles is 1. The first-order valence-corrected chi connectivity index (χ1v) is 6.80. The summed E-state index contributed by atoms with van der Waals surface area (Å²) in [6, 6.07) is 2.27. The van der Waals surface area contributed by atoms with Crippen LogP contribution in [0.4, 0.5) is 11.6 Å². The van der Waals surface area contributed by atoms with Crippen LogP contribution < -0.4 is 9.80 Å². The minimum absolute atomic E-state index is 0.552. The van der Waals surface area contributed by atoms with Gasteiger partial charge in [-0.3, -0.25) is 0 Å². The minimum Gasteiger partial charge on any atom is -0.378 e. The maximum atomic E-state index is 9.51. The van der Waals surface area contributed by atoms with E-state index in [2.05, 4.69) is 25.8 Å². The van der Waals surface area contributed by atoms with E-state index in [4.69, 9.17) is 9.47 Å². The molecule has 2 saturated heterocycles. The molecule has 0 amide bonds. The van der Waals surface area contributed by atoms with Crippen molar-refractivity contribution in [1.29, 1.82) is 5.26 Å². The van der Waals surface area contributed by atoms with Gasteiger partial charge in [0, 0.05) is 26.2 Å². The first-order chi connectivity index (χ1) is 9.90. The van der Waals surface area contributed by atoms with Crippen LogP contribution in [0.2, 0.25) is 0 Å². The van der Waals surface area contributed by atoms with Gasteiger partial charge in [-0.2, -0.15) is 5.26 Å². The zero-order valence-corrected chi connectivity index (χ0v) is 11.3. The molecule has 0 unspecified atom stereocenters. The normalized spacial score (nSPS) is 19.8. The van der Waals surface area contributed by atoms with Crippen molar-refractivity contribution in [2.24, 2.45) is 0 Å². The molecule has 1 aromatic rings. The molecule has 0 aromatic carbocycles. The van der Waals surface area contributed by atoms with Gasteiger partial charge in [0.25, 0.3) is 0 Å². The Labute approximate surface area is 117 Å². The topological polar surface area (TPSA) is 74.5 Å². The number of aromatic nitrogens is 2. The Balaban J connectivity index is 1.92. The average molecular weight is 275 g/mol. The largest absolute Gasteiger partial charge is 0.378 e.